The zero-order chi connectivity index (χ0) is 26.8. The van der Waals surface area contributed by atoms with Crippen molar-refractivity contribution in [2.45, 2.75) is 86.0 Å². The molecular weight excluding hydrogens is 446 g/mol. The lowest BCUT2D eigenvalue weighted by molar-refractivity contribution is -0.121. The number of benzene rings is 2. The van der Waals surface area contributed by atoms with E-state index in [-0.39, 0.29) is 16.7 Å². The second-order valence-corrected chi connectivity index (χ2v) is 11.8. The number of aromatic nitrogens is 1. The molecule has 0 aliphatic rings. The molecule has 0 radical (unpaired) electrons. The van der Waals surface area contributed by atoms with Crippen molar-refractivity contribution in [1.82, 2.24) is 9.99 Å². The van der Waals surface area contributed by atoms with Crippen molar-refractivity contribution < 1.29 is 9.90 Å². The monoisotopic (exact) mass is 487 g/mol. The van der Waals surface area contributed by atoms with Gasteiger partial charge in [0.25, 0.3) is 0 Å². The second kappa shape index (κ2) is 10.3. The normalized spacial score (nSPS) is 12.4. The third-order valence-corrected chi connectivity index (χ3v) is 6.58. The molecule has 1 aromatic heterocycles. The molecule has 0 aliphatic carbocycles. The van der Waals surface area contributed by atoms with Crippen LogP contribution in [0.15, 0.2) is 47.6 Å². The molecule has 36 heavy (non-hydrogen) atoms. The number of carbonyl (C=O) groups excluding carboxylic acids is 1. The highest BCUT2D eigenvalue weighted by Gasteiger charge is 2.26. The molecule has 2 N–H and O–H groups in total. The average Bonchev–Trinajstić information content (AvgIpc) is 3.05. The van der Waals surface area contributed by atoms with Gasteiger partial charge in [-0.3, -0.25) is 4.79 Å². The number of rotatable bonds is 6. The summed E-state index contributed by atoms with van der Waals surface area (Å²) < 4.78 is 2.19. The summed E-state index contributed by atoms with van der Waals surface area (Å²) in [4.78, 5) is 12.6. The zero-order valence-corrected chi connectivity index (χ0v) is 23.3. The van der Waals surface area contributed by atoms with Crippen LogP contribution >= 0.6 is 0 Å². The van der Waals surface area contributed by atoms with E-state index in [2.05, 4.69) is 108 Å². The van der Waals surface area contributed by atoms with Gasteiger partial charge in [-0.15, -0.1) is 0 Å². The standard InChI is InChI=1S/C31H41N3O2/c1-20-10-13-25(14-11-20)34-21(2)16-24(22(34)3)19-32-33-28(35)15-12-23-17-26(30(4,5)6)29(36)27(18-23)31(7,8)9/h10-11,13-14,16-19,36H,12,15H2,1-9H3,(H,33,35)/b32-19+. The lowest BCUT2D eigenvalue weighted by Crippen LogP contribution is -2.20. The van der Waals surface area contributed by atoms with Gasteiger partial charge in [0.2, 0.25) is 5.91 Å². The Morgan fingerprint density at radius 2 is 1.50 bits per heavy atom. The number of hydrogen-bond donors (Lipinski definition) is 2. The highest BCUT2D eigenvalue weighted by Crippen LogP contribution is 2.40. The van der Waals surface area contributed by atoms with Crippen molar-refractivity contribution in [3.05, 3.63) is 81.7 Å². The molecule has 0 saturated carbocycles. The Labute approximate surface area is 216 Å². The number of hydrazone groups is 1. The molecule has 1 heterocycles. The highest BCUT2D eigenvalue weighted by molar-refractivity contribution is 5.84. The number of aromatic hydroxyl groups is 1. The van der Waals surface area contributed by atoms with Crippen molar-refractivity contribution in [3.8, 4) is 11.4 Å². The quantitative estimate of drug-likeness (QED) is 0.297. The molecule has 0 spiro atoms. The zero-order valence-electron chi connectivity index (χ0n) is 23.3. The smallest absolute Gasteiger partial charge is 0.240 e. The minimum atomic E-state index is -0.197. The van der Waals surface area contributed by atoms with Gasteiger partial charge in [-0.1, -0.05) is 71.4 Å². The Morgan fingerprint density at radius 1 is 0.944 bits per heavy atom. The van der Waals surface area contributed by atoms with Gasteiger partial charge in [-0.05, 0) is 72.9 Å². The van der Waals surface area contributed by atoms with E-state index in [1.165, 1.54) is 5.56 Å². The molecule has 0 unspecified atom stereocenters. The number of nitrogens with zero attached hydrogens (tertiary/aromatic N) is 2. The Kier molecular flexibility index (Phi) is 7.82. The molecule has 192 valence electrons. The van der Waals surface area contributed by atoms with Gasteiger partial charge in [0.05, 0.1) is 6.21 Å². The number of nitrogens with one attached hydrogen (secondary N) is 1. The molecule has 5 heteroatoms. The lowest BCUT2D eigenvalue weighted by atomic mass is 9.78. The summed E-state index contributed by atoms with van der Waals surface area (Å²) in [5.41, 5.74) is 10.6. The Hall–Kier alpha value is -3.34. The molecule has 3 rings (SSSR count). The largest absolute Gasteiger partial charge is 0.507 e. The Bertz CT molecular complexity index is 1230. The van der Waals surface area contributed by atoms with Crippen LogP contribution in [-0.4, -0.2) is 21.8 Å². The summed E-state index contributed by atoms with van der Waals surface area (Å²) in [5, 5.41) is 15.1. The van der Waals surface area contributed by atoms with E-state index in [0.29, 0.717) is 18.6 Å². The molecule has 3 aromatic rings. The van der Waals surface area contributed by atoms with E-state index in [1.807, 2.05) is 12.1 Å². The van der Waals surface area contributed by atoms with Gasteiger partial charge >= 0.3 is 0 Å². The van der Waals surface area contributed by atoms with Crippen LogP contribution in [-0.2, 0) is 22.0 Å². The van der Waals surface area contributed by atoms with E-state index >= 15 is 0 Å². The average molecular weight is 488 g/mol. The van der Waals surface area contributed by atoms with Crippen molar-refractivity contribution in [1.29, 1.82) is 0 Å². The summed E-state index contributed by atoms with van der Waals surface area (Å²) in [6.07, 6.45) is 2.61. The van der Waals surface area contributed by atoms with Crippen LogP contribution in [0.1, 0.15) is 87.2 Å². The number of phenols is 1. The molecule has 0 fully saturated rings. The maximum Gasteiger partial charge on any atom is 0.240 e. The second-order valence-electron chi connectivity index (χ2n) is 11.8. The minimum absolute atomic E-state index is 0.138. The highest BCUT2D eigenvalue weighted by atomic mass is 16.3. The van der Waals surface area contributed by atoms with Crippen LogP contribution < -0.4 is 5.43 Å². The van der Waals surface area contributed by atoms with E-state index in [4.69, 9.17) is 0 Å². The fourth-order valence-corrected chi connectivity index (χ4v) is 4.48. The number of aryl methyl sites for hydroxylation is 3. The van der Waals surface area contributed by atoms with Crippen LogP contribution in [0.5, 0.6) is 5.75 Å². The third kappa shape index (κ3) is 6.26. The van der Waals surface area contributed by atoms with Gasteiger partial charge in [-0.25, -0.2) is 5.43 Å². The van der Waals surface area contributed by atoms with Gasteiger partial charge in [0.15, 0.2) is 0 Å². The summed E-state index contributed by atoms with van der Waals surface area (Å²) in [6, 6.07) is 14.6. The topological polar surface area (TPSA) is 66.6 Å². The maximum atomic E-state index is 12.6. The van der Waals surface area contributed by atoms with E-state index in [0.717, 1.165) is 39.3 Å². The fraction of sp³-hybridized carbons (Fsp3) is 0.419. The summed E-state index contributed by atoms with van der Waals surface area (Å²) >= 11 is 0. The maximum absolute atomic E-state index is 12.6. The van der Waals surface area contributed by atoms with Crippen molar-refractivity contribution in [2.75, 3.05) is 0 Å². The van der Waals surface area contributed by atoms with E-state index in [9.17, 15) is 9.90 Å². The molecule has 0 aliphatic heterocycles. The first kappa shape index (κ1) is 27.3. The van der Waals surface area contributed by atoms with E-state index in [1.54, 1.807) is 6.21 Å². The van der Waals surface area contributed by atoms with Gasteiger partial charge in [-0.2, -0.15) is 5.10 Å². The molecule has 1 amide bonds. The van der Waals surface area contributed by atoms with Crippen molar-refractivity contribution >= 4 is 12.1 Å². The Morgan fingerprint density at radius 3 is 2.03 bits per heavy atom. The lowest BCUT2D eigenvalue weighted by Gasteiger charge is -2.28. The van der Waals surface area contributed by atoms with Gasteiger partial charge in [0, 0.05) is 29.1 Å². The number of hydrogen-bond acceptors (Lipinski definition) is 3. The fourth-order valence-electron chi connectivity index (χ4n) is 4.48. The predicted molar refractivity (Wildman–Crippen MR) is 150 cm³/mol. The van der Waals surface area contributed by atoms with Gasteiger partial charge < -0.3 is 9.67 Å². The summed E-state index contributed by atoms with van der Waals surface area (Å²) in [7, 11) is 0. The molecule has 0 bridgehead atoms. The molecule has 0 saturated heterocycles. The third-order valence-electron chi connectivity index (χ3n) is 6.58. The number of carbonyl (C=O) groups is 1. The summed E-state index contributed by atoms with van der Waals surface area (Å²) in [5.74, 6) is 0.220. The van der Waals surface area contributed by atoms with Crippen LogP contribution in [0.4, 0.5) is 0 Å². The summed E-state index contributed by atoms with van der Waals surface area (Å²) in [6.45, 7) is 18.8. The van der Waals surface area contributed by atoms with Crippen molar-refractivity contribution in [2.24, 2.45) is 5.10 Å². The van der Waals surface area contributed by atoms with Crippen LogP contribution in [0.3, 0.4) is 0 Å². The Balaban J connectivity index is 1.70. The van der Waals surface area contributed by atoms with Crippen molar-refractivity contribution in [3.63, 3.8) is 0 Å². The number of amides is 1. The molecule has 5 nitrogen and oxygen atoms in total. The predicted octanol–water partition coefficient (Wildman–Crippen LogP) is 6.79. The van der Waals surface area contributed by atoms with Crippen LogP contribution in [0.25, 0.3) is 5.69 Å². The van der Waals surface area contributed by atoms with Crippen LogP contribution in [0, 0.1) is 20.8 Å². The first-order valence-electron chi connectivity index (χ1n) is 12.6. The first-order valence-corrected chi connectivity index (χ1v) is 12.6. The molecular formula is C31H41N3O2. The molecule has 0 atom stereocenters. The SMILES string of the molecule is Cc1ccc(-n2c(C)cc(/C=N/NC(=O)CCc3cc(C(C)(C)C)c(O)c(C(C)(C)C)c3)c2C)cc1. The first-order chi connectivity index (χ1) is 16.7. The minimum Gasteiger partial charge on any atom is -0.507 e. The molecule has 2 aromatic carbocycles. The van der Waals surface area contributed by atoms with Gasteiger partial charge in [0.1, 0.15) is 5.75 Å². The van der Waals surface area contributed by atoms with Crippen LogP contribution in [0.2, 0.25) is 0 Å². The van der Waals surface area contributed by atoms with E-state index < -0.39 is 0 Å². The number of phenolic OH excluding ortho intramolecular Hbond substituents is 1.